The average Bonchev–Trinajstić information content (AvgIpc) is 3.45. The molecule has 4 aromatic rings. The third-order valence-corrected chi connectivity index (χ3v) is 5.69. The molecule has 0 radical (unpaired) electrons. The van der Waals surface area contributed by atoms with Crippen LogP contribution in [0.3, 0.4) is 0 Å². The maximum absolute atomic E-state index is 12.2. The minimum Gasteiger partial charge on any atom is -0.459 e. The predicted octanol–water partition coefficient (Wildman–Crippen LogP) is 2.71. The van der Waals surface area contributed by atoms with Crippen LogP contribution < -0.4 is 21.7 Å². The number of rotatable bonds is 7. The molecule has 0 saturated carbocycles. The van der Waals surface area contributed by atoms with Crippen molar-refractivity contribution >= 4 is 11.0 Å². The van der Waals surface area contributed by atoms with E-state index in [1.54, 1.807) is 12.1 Å². The molecule has 7 heteroatoms. The Hall–Kier alpha value is -3.26. The molecule has 1 aliphatic heterocycles. The summed E-state index contributed by atoms with van der Waals surface area (Å²) < 4.78 is 7.57. The van der Waals surface area contributed by atoms with Gasteiger partial charge in [-0.05, 0) is 18.2 Å². The standard InChI is InChI=1S/C24H25N5O2/c30-23-11-10-20(17-6-2-1-3-7-17)28-29(23)13-12-25-15-19-16-26-27-24(19)22-14-18-8-4-5-9-21(18)31-22/h1-11,14,19,24-27H,12-13,15-16H2. The van der Waals surface area contributed by atoms with Gasteiger partial charge in [-0.15, -0.1) is 0 Å². The lowest BCUT2D eigenvalue weighted by atomic mass is 9.99. The van der Waals surface area contributed by atoms with E-state index in [1.807, 2.05) is 48.5 Å². The lowest BCUT2D eigenvalue weighted by molar-refractivity contribution is 0.375. The molecule has 2 atom stereocenters. The van der Waals surface area contributed by atoms with E-state index in [2.05, 4.69) is 33.4 Å². The van der Waals surface area contributed by atoms with Gasteiger partial charge < -0.3 is 9.73 Å². The number of nitrogens with zero attached hydrogens (tertiary/aromatic N) is 2. The Balaban J connectivity index is 1.20. The summed E-state index contributed by atoms with van der Waals surface area (Å²) in [6, 6.07) is 23.5. The van der Waals surface area contributed by atoms with E-state index in [-0.39, 0.29) is 11.6 Å². The number of hydrazine groups is 1. The molecule has 0 spiro atoms. The number of fused-ring (bicyclic) bond motifs is 1. The van der Waals surface area contributed by atoms with E-state index < -0.39 is 0 Å². The average molecular weight is 415 g/mol. The van der Waals surface area contributed by atoms with Gasteiger partial charge in [0.25, 0.3) is 5.56 Å². The molecular weight excluding hydrogens is 390 g/mol. The SMILES string of the molecule is O=c1ccc(-c2ccccc2)nn1CCNCC1CNNC1c1cc2ccccc2o1. The highest BCUT2D eigenvalue weighted by atomic mass is 16.3. The molecule has 1 fully saturated rings. The Labute approximate surface area is 180 Å². The Kier molecular flexibility index (Phi) is 5.62. The molecule has 1 saturated heterocycles. The smallest absolute Gasteiger partial charge is 0.266 e. The molecule has 2 aromatic carbocycles. The van der Waals surface area contributed by atoms with Gasteiger partial charge in [0.15, 0.2) is 0 Å². The molecule has 5 rings (SSSR count). The van der Waals surface area contributed by atoms with Crippen LogP contribution in [-0.2, 0) is 6.54 Å². The number of aromatic nitrogens is 2. The Bertz CT molecular complexity index is 1180. The lowest BCUT2D eigenvalue weighted by Crippen LogP contribution is -2.33. The topological polar surface area (TPSA) is 84.1 Å². The second-order valence-corrected chi connectivity index (χ2v) is 7.80. The number of furan rings is 1. The summed E-state index contributed by atoms with van der Waals surface area (Å²) in [5.74, 6) is 1.27. The van der Waals surface area contributed by atoms with Crippen molar-refractivity contribution in [3.63, 3.8) is 0 Å². The van der Waals surface area contributed by atoms with E-state index in [1.165, 1.54) is 4.68 Å². The summed E-state index contributed by atoms with van der Waals surface area (Å²) in [7, 11) is 0. The van der Waals surface area contributed by atoms with Crippen molar-refractivity contribution in [2.45, 2.75) is 12.6 Å². The minimum atomic E-state index is -0.0918. The molecule has 31 heavy (non-hydrogen) atoms. The summed E-state index contributed by atoms with van der Waals surface area (Å²) >= 11 is 0. The van der Waals surface area contributed by atoms with Crippen molar-refractivity contribution in [2.24, 2.45) is 5.92 Å². The Morgan fingerprint density at radius 3 is 2.77 bits per heavy atom. The van der Waals surface area contributed by atoms with Crippen LogP contribution in [0.15, 0.2) is 82.0 Å². The van der Waals surface area contributed by atoms with Crippen molar-refractivity contribution in [2.75, 3.05) is 19.6 Å². The first-order valence-corrected chi connectivity index (χ1v) is 10.6. The fourth-order valence-corrected chi connectivity index (χ4v) is 4.03. The van der Waals surface area contributed by atoms with E-state index in [0.29, 0.717) is 19.0 Å². The highest BCUT2D eigenvalue weighted by molar-refractivity contribution is 5.77. The van der Waals surface area contributed by atoms with Gasteiger partial charge in [-0.25, -0.2) is 10.1 Å². The zero-order valence-corrected chi connectivity index (χ0v) is 17.1. The van der Waals surface area contributed by atoms with Crippen molar-refractivity contribution in [1.29, 1.82) is 0 Å². The molecule has 3 heterocycles. The first-order chi connectivity index (χ1) is 15.3. The van der Waals surface area contributed by atoms with Gasteiger partial charge in [0.05, 0.1) is 18.3 Å². The van der Waals surface area contributed by atoms with Crippen molar-refractivity contribution in [1.82, 2.24) is 25.9 Å². The Morgan fingerprint density at radius 1 is 1.06 bits per heavy atom. The van der Waals surface area contributed by atoms with Gasteiger partial charge in [0.1, 0.15) is 11.3 Å². The van der Waals surface area contributed by atoms with Crippen LogP contribution >= 0.6 is 0 Å². The fraction of sp³-hybridized carbons (Fsp3) is 0.250. The number of hydrogen-bond donors (Lipinski definition) is 3. The van der Waals surface area contributed by atoms with Crippen LogP contribution in [0.2, 0.25) is 0 Å². The fourth-order valence-electron chi connectivity index (χ4n) is 4.03. The molecule has 2 unspecified atom stereocenters. The van der Waals surface area contributed by atoms with Crippen LogP contribution in [0.5, 0.6) is 0 Å². The van der Waals surface area contributed by atoms with Crippen LogP contribution in [0, 0.1) is 5.92 Å². The third kappa shape index (κ3) is 4.29. The Morgan fingerprint density at radius 2 is 1.90 bits per heavy atom. The molecule has 0 aliphatic carbocycles. The number of para-hydroxylation sites is 1. The molecule has 0 bridgehead atoms. The summed E-state index contributed by atoms with van der Waals surface area (Å²) in [4.78, 5) is 12.2. The normalized spacial score (nSPS) is 18.6. The predicted molar refractivity (Wildman–Crippen MR) is 120 cm³/mol. The van der Waals surface area contributed by atoms with Gasteiger partial charge in [-0.3, -0.25) is 10.2 Å². The second-order valence-electron chi connectivity index (χ2n) is 7.80. The van der Waals surface area contributed by atoms with Crippen LogP contribution in [-0.4, -0.2) is 29.4 Å². The summed E-state index contributed by atoms with van der Waals surface area (Å²) in [5.41, 5.74) is 9.18. The van der Waals surface area contributed by atoms with Gasteiger partial charge in [-0.2, -0.15) is 5.10 Å². The van der Waals surface area contributed by atoms with Crippen molar-refractivity contribution < 1.29 is 4.42 Å². The van der Waals surface area contributed by atoms with Crippen LogP contribution in [0.4, 0.5) is 0 Å². The minimum absolute atomic E-state index is 0.0918. The quantitative estimate of drug-likeness (QED) is 0.403. The molecule has 0 amide bonds. The third-order valence-electron chi connectivity index (χ3n) is 5.69. The van der Waals surface area contributed by atoms with E-state index in [0.717, 1.165) is 41.1 Å². The van der Waals surface area contributed by atoms with Gasteiger partial charge in [0, 0.05) is 42.6 Å². The van der Waals surface area contributed by atoms with E-state index in [9.17, 15) is 4.79 Å². The molecule has 158 valence electrons. The summed E-state index contributed by atoms with van der Waals surface area (Å²) in [6.45, 7) is 2.82. The molecule has 2 aromatic heterocycles. The molecule has 1 aliphatic rings. The summed E-state index contributed by atoms with van der Waals surface area (Å²) in [5, 5.41) is 9.11. The van der Waals surface area contributed by atoms with E-state index >= 15 is 0 Å². The van der Waals surface area contributed by atoms with Crippen LogP contribution in [0.25, 0.3) is 22.2 Å². The lowest BCUT2D eigenvalue weighted by Gasteiger charge is -2.17. The second kappa shape index (κ2) is 8.85. The van der Waals surface area contributed by atoms with E-state index in [4.69, 9.17) is 4.42 Å². The first kappa shape index (κ1) is 19.7. The van der Waals surface area contributed by atoms with Gasteiger partial charge in [0.2, 0.25) is 0 Å². The molecule has 7 nitrogen and oxygen atoms in total. The highest BCUT2D eigenvalue weighted by Crippen LogP contribution is 2.29. The maximum Gasteiger partial charge on any atom is 0.266 e. The summed E-state index contributed by atoms with van der Waals surface area (Å²) in [6.07, 6.45) is 0. The highest BCUT2D eigenvalue weighted by Gasteiger charge is 2.30. The van der Waals surface area contributed by atoms with Crippen molar-refractivity contribution in [3.8, 4) is 11.3 Å². The van der Waals surface area contributed by atoms with Gasteiger partial charge >= 0.3 is 0 Å². The van der Waals surface area contributed by atoms with Crippen LogP contribution in [0.1, 0.15) is 11.8 Å². The van der Waals surface area contributed by atoms with Crippen molar-refractivity contribution in [3.05, 3.63) is 88.9 Å². The maximum atomic E-state index is 12.2. The molecular formula is C24H25N5O2. The number of hydrogen-bond acceptors (Lipinski definition) is 6. The monoisotopic (exact) mass is 415 g/mol. The molecule has 3 N–H and O–H groups in total. The zero-order chi connectivity index (χ0) is 21.0. The number of nitrogens with one attached hydrogen (secondary N) is 3. The van der Waals surface area contributed by atoms with Gasteiger partial charge in [-0.1, -0.05) is 48.5 Å². The largest absolute Gasteiger partial charge is 0.459 e. The zero-order valence-electron chi connectivity index (χ0n) is 17.1. The first-order valence-electron chi connectivity index (χ1n) is 10.6. The number of benzene rings is 2.